The first kappa shape index (κ1) is 13.9. The van der Waals surface area contributed by atoms with Crippen LogP contribution in [-0.4, -0.2) is 24.7 Å². The molecule has 0 radical (unpaired) electrons. The van der Waals surface area contributed by atoms with Crippen molar-refractivity contribution in [3.05, 3.63) is 29.8 Å². The van der Waals surface area contributed by atoms with Crippen LogP contribution < -0.4 is 10.1 Å². The van der Waals surface area contributed by atoms with E-state index in [9.17, 15) is 4.79 Å². The highest BCUT2D eigenvalue weighted by Crippen LogP contribution is 2.20. The van der Waals surface area contributed by atoms with Gasteiger partial charge in [-0.1, -0.05) is 12.1 Å². The number of carbonyl (C=O) groups excluding carboxylic acids is 1. The van der Waals surface area contributed by atoms with E-state index in [2.05, 4.69) is 11.4 Å². The van der Waals surface area contributed by atoms with Crippen LogP contribution in [0.15, 0.2) is 24.3 Å². The Bertz CT molecular complexity index is 429. The van der Waals surface area contributed by atoms with Gasteiger partial charge in [0.2, 0.25) is 0 Å². The molecule has 1 N–H and O–H groups in total. The summed E-state index contributed by atoms with van der Waals surface area (Å²) < 4.78 is 10.5. The second-order valence-corrected chi connectivity index (χ2v) is 4.81. The first-order valence-electron chi connectivity index (χ1n) is 6.84. The molecule has 0 heterocycles. The Morgan fingerprint density at radius 3 is 2.95 bits per heavy atom. The summed E-state index contributed by atoms with van der Waals surface area (Å²) >= 11 is 0. The standard InChI is InChI=1S/C15H21NO3/c1-3-18-15(17)11(2)19-14-6-4-5-12(9-14)10-16-13-7-8-13/h4-6,9,11,13,16H,3,7-8,10H2,1-2H3. The second kappa shape index (κ2) is 6.57. The van der Waals surface area contributed by atoms with Crippen LogP contribution in [0.4, 0.5) is 0 Å². The predicted octanol–water partition coefficient (Wildman–Crippen LogP) is 2.27. The molecular weight excluding hydrogens is 242 g/mol. The minimum Gasteiger partial charge on any atom is -0.479 e. The quantitative estimate of drug-likeness (QED) is 0.767. The van der Waals surface area contributed by atoms with E-state index < -0.39 is 6.10 Å². The summed E-state index contributed by atoms with van der Waals surface area (Å²) in [7, 11) is 0. The number of esters is 1. The molecule has 0 spiro atoms. The SMILES string of the molecule is CCOC(=O)C(C)Oc1cccc(CNC2CC2)c1. The molecule has 1 aliphatic carbocycles. The molecule has 104 valence electrons. The maximum Gasteiger partial charge on any atom is 0.347 e. The van der Waals surface area contributed by atoms with Crippen molar-refractivity contribution in [1.29, 1.82) is 0 Å². The lowest BCUT2D eigenvalue weighted by atomic mass is 10.2. The van der Waals surface area contributed by atoms with Gasteiger partial charge in [0.25, 0.3) is 0 Å². The van der Waals surface area contributed by atoms with E-state index >= 15 is 0 Å². The highest BCUT2D eigenvalue weighted by molar-refractivity contribution is 5.74. The summed E-state index contributed by atoms with van der Waals surface area (Å²) in [5.74, 6) is 0.375. The molecule has 1 aliphatic rings. The molecule has 0 amide bonds. The van der Waals surface area contributed by atoms with Crippen LogP contribution in [0.5, 0.6) is 5.75 Å². The maximum absolute atomic E-state index is 11.5. The molecule has 1 atom stereocenters. The Balaban J connectivity index is 1.88. The molecule has 0 saturated heterocycles. The predicted molar refractivity (Wildman–Crippen MR) is 73.0 cm³/mol. The Hall–Kier alpha value is -1.55. The van der Waals surface area contributed by atoms with E-state index in [0.717, 1.165) is 6.54 Å². The highest BCUT2D eigenvalue weighted by Gasteiger charge is 2.20. The number of hydrogen-bond acceptors (Lipinski definition) is 4. The number of rotatable bonds is 7. The Labute approximate surface area is 114 Å². The van der Waals surface area contributed by atoms with Gasteiger partial charge in [0.1, 0.15) is 5.75 Å². The molecule has 2 rings (SSSR count). The first-order valence-corrected chi connectivity index (χ1v) is 6.84. The molecule has 19 heavy (non-hydrogen) atoms. The lowest BCUT2D eigenvalue weighted by molar-refractivity contribution is -0.150. The average Bonchev–Trinajstić information content (AvgIpc) is 3.21. The summed E-state index contributed by atoms with van der Waals surface area (Å²) in [5, 5.41) is 3.45. The zero-order valence-electron chi connectivity index (χ0n) is 11.5. The van der Waals surface area contributed by atoms with Crippen molar-refractivity contribution in [2.45, 2.75) is 45.4 Å². The first-order chi connectivity index (χ1) is 9.19. The van der Waals surface area contributed by atoms with Crippen LogP contribution in [0, 0.1) is 0 Å². The van der Waals surface area contributed by atoms with Crippen molar-refractivity contribution in [3.8, 4) is 5.75 Å². The van der Waals surface area contributed by atoms with Gasteiger partial charge in [-0.2, -0.15) is 0 Å². The summed E-state index contributed by atoms with van der Waals surface area (Å²) in [6.07, 6.45) is 1.97. The summed E-state index contributed by atoms with van der Waals surface area (Å²) in [5.41, 5.74) is 1.17. The van der Waals surface area contributed by atoms with Crippen molar-refractivity contribution in [1.82, 2.24) is 5.32 Å². The lowest BCUT2D eigenvalue weighted by Crippen LogP contribution is -2.26. The molecule has 0 aromatic heterocycles. The largest absolute Gasteiger partial charge is 0.479 e. The van der Waals surface area contributed by atoms with Crippen LogP contribution in [0.2, 0.25) is 0 Å². The van der Waals surface area contributed by atoms with Crippen molar-refractivity contribution in [3.63, 3.8) is 0 Å². The van der Waals surface area contributed by atoms with E-state index in [0.29, 0.717) is 18.4 Å². The molecule has 1 aromatic rings. The number of ether oxygens (including phenoxy) is 2. The van der Waals surface area contributed by atoms with Gasteiger partial charge in [0, 0.05) is 12.6 Å². The summed E-state index contributed by atoms with van der Waals surface area (Å²) in [6.45, 7) is 4.70. The maximum atomic E-state index is 11.5. The molecule has 1 fully saturated rings. The monoisotopic (exact) mass is 263 g/mol. The van der Waals surface area contributed by atoms with Crippen molar-refractivity contribution < 1.29 is 14.3 Å². The second-order valence-electron chi connectivity index (χ2n) is 4.81. The van der Waals surface area contributed by atoms with E-state index in [-0.39, 0.29) is 5.97 Å². The molecule has 4 nitrogen and oxygen atoms in total. The Morgan fingerprint density at radius 2 is 2.26 bits per heavy atom. The van der Waals surface area contributed by atoms with E-state index in [1.54, 1.807) is 13.8 Å². The van der Waals surface area contributed by atoms with Crippen LogP contribution in [-0.2, 0) is 16.1 Å². The molecule has 1 unspecified atom stereocenters. The van der Waals surface area contributed by atoms with Crippen LogP contribution >= 0.6 is 0 Å². The molecule has 1 saturated carbocycles. The van der Waals surface area contributed by atoms with Gasteiger partial charge in [-0.05, 0) is 44.4 Å². The van der Waals surface area contributed by atoms with Gasteiger partial charge in [-0.25, -0.2) is 4.79 Å². The topological polar surface area (TPSA) is 47.6 Å². The third-order valence-corrected chi connectivity index (χ3v) is 3.00. The number of benzene rings is 1. The van der Waals surface area contributed by atoms with Crippen LogP contribution in [0.3, 0.4) is 0 Å². The minimum absolute atomic E-state index is 0.330. The number of carbonyl (C=O) groups is 1. The molecular formula is C15H21NO3. The van der Waals surface area contributed by atoms with E-state index in [4.69, 9.17) is 9.47 Å². The van der Waals surface area contributed by atoms with Gasteiger partial charge < -0.3 is 14.8 Å². The molecule has 0 bridgehead atoms. The fourth-order valence-electron chi connectivity index (χ4n) is 1.79. The Kier molecular flexibility index (Phi) is 4.80. The third kappa shape index (κ3) is 4.56. The molecule has 4 heteroatoms. The third-order valence-electron chi connectivity index (χ3n) is 3.00. The summed E-state index contributed by atoms with van der Waals surface area (Å²) in [4.78, 5) is 11.5. The Morgan fingerprint density at radius 1 is 1.47 bits per heavy atom. The average molecular weight is 263 g/mol. The lowest BCUT2D eigenvalue weighted by Gasteiger charge is -2.14. The van der Waals surface area contributed by atoms with Crippen molar-refractivity contribution in [2.75, 3.05) is 6.61 Å². The zero-order valence-corrected chi connectivity index (χ0v) is 11.5. The van der Waals surface area contributed by atoms with Gasteiger partial charge in [-0.15, -0.1) is 0 Å². The zero-order chi connectivity index (χ0) is 13.7. The minimum atomic E-state index is -0.577. The van der Waals surface area contributed by atoms with E-state index in [1.165, 1.54) is 18.4 Å². The van der Waals surface area contributed by atoms with E-state index in [1.807, 2.05) is 18.2 Å². The highest BCUT2D eigenvalue weighted by atomic mass is 16.6. The fraction of sp³-hybridized carbons (Fsp3) is 0.533. The number of nitrogens with one attached hydrogen (secondary N) is 1. The van der Waals surface area contributed by atoms with Crippen LogP contribution in [0.1, 0.15) is 32.3 Å². The fourth-order valence-corrected chi connectivity index (χ4v) is 1.79. The molecule has 1 aromatic carbocycles. The number of hydrogen-bond donors (Lipinski definition) is 1. The summed E-state index contributed by atoms with van der Waals surface area (Å²) in [6, 6.07) is 8.50. The normalized spacial score (nSPS) is 15.9. The van der Waals surface area contributed by atoms with Gasteiger partial charge >= 0.3 is 5.97 Å². The van der Waals surface area contributed by atoms with Gasteiger partial charge in [-0.3, -0.25) is 0 Å². The van der Waals surface area contributed by atoms with Crippen molar-refractivity contribution >= 4 is 5.97 Å². The van der Waals surface area contributed by atoms with Gasteiger partial charge in [0.15, 0.2) is 6.10 Å². The van der Waals surface area contributed by atoms with Crippen molar-refractivity contribution in [2.24, 2.45) is 0 Å². The van der Waals surface area contributed by atoms with Crippen LogP contribution in [0.25, 0.3) is 0 Å². The molecule has 0 aliphatic heterocycles. The smallest absolute Gasteiger partial charge is 0.347 e. The van der Waals surface area contributed by atoms with Gasteiger partial charge in [0.05, 0.1) is 6.61 Å².